The number of primary amides is 1. The summed E-state index contributed by atoms with van der Waals surface area (Å²) < 4.78 is 6.19. The van der Waals surface area contributed by atoms with Crippen LogP contribution in [0.3, 0.4) is 0 Å². The van der Waals surface area contributed by atoms with Gasteiger partial charge in [0.15, 0.2) is 0 Å². The largest absolute Gasteiger partial charge is 0.491 e. The van der Waals surface area contributed by atoms with Crippen LogP contribution in [0.2, 0.25) is 5.02 Å². The standard InChI is InChI=1S/C12H14BrClN2O4/c13-9-5-8(14)1-2-10(9)20-4-3-16(6-11(15)17)7-12(18)19/h1-2,5H,3-4,6-7H2,(H2,15,17)(H,18,19). The van der Waals surface area contributed by atoms with Gasteiger partial charge in [0, 0.05) is 11.6 Å². The molecule has 0 saturated heterocycles. The van der Waals surface area contributed by atoms with E-state index >= 15 is 0 Å². The van der Waals surface area contributed by atoms with Crippen molar-refractivity contribution in [3.05, 3.63) is 27.7 Å². The van der Waals surface area contributed by atoms with Gasteiger partial charge in [0.05, 0.1) is 17.6 Å². The van der Waals surface area contributed by atoms with Crippen LogP contribution in [0.4, 0.5) is 0 Å². The van der Waals surface area contributed by atoms with Crippen molar-refractivity contribution in [1.29, 1.82) is 0 Å². The lowest BCUT2D eigenvalue weighted by Crippen LogP contribution is -2.39. The van der Waals surface area contributed by atoms with Gasteiger partial charge in [-0.25, -0.2) is 0 Å². The van der Waals surface area contributed by atoms with Crippen LogP contribution in [0.5, 0.6) is 5.75 Å². The topological polar surface area (TPSA) is 92.9 Å². The molecule has 0 aromatic heterocycles. The molecule has 1 aromatic rings. The number of amides is 1. The molecule has 0 bridgehead atoms. The number of carboxylic acid groups (broad SMARTS) is 1. The molecule has 0 aliphatic rings. The molecule has 1 amide bonds. The number of ether oxygens (including phenoxy) is 1. The van der Waals surface area contributed by atoms with Crippen molar-refractivity contribution >= 4 is 39.4 Å². The molecule has 110 valence electrons. The zero-order valence-corrected chi connectivity index (χ0v) is 12.9. The number of hydrogen-bond acceptors (Lipinski definition) is 4. The first kappa shape index (κ1) is 16.7. The highest BCUT2D eigenvalue weighted by Crippen LogP contribution is 2.27. The second-order valence-corrected chi connectivity index (χ2v) is 5.28. The van der Waals surface area contributed by atoms with Crippen molar-refractivity contribution in [2.75, 3.05) is 26.2 Å². The molecule has 0 aliphatic heterocycles. The Morgan fingerprint density at radius 3 is 2.65 bits per heavy atom. The van der Waals surface area contributed by atoms with Crippen LogP contribution < -0.4 is 10.5 Å². The van der Waals surface area contributed by atoms with Gasteiger partial charge in [0.25, 0.3) is 0 Å². The van der Waals surface area contributed by atoms with Gasteiger partial charge in [-0.2, -0.15) is 0 Å². The van der Waals surface area contributed by atoms with Crippen LogP contribution in [0.1, 0.15) is 0 Å². The summed E-state index contributed by atoms with van der Waals surface area (Å²) in [5, 5.41) is 9.31. The van der Waals surface area contributed by atoms with Crippen LogP contribution >= 0.6 is 27.5 Å². The van der Waals surface area contributed by atoms with Crippen molar-refractivity contribution in [1.82, 2.24) is 4.90 Å². The third kappa shape index (κ3) is 6.23. The van der Waals surface area contributed by atoms with E-state index in [1.165, 1.54) is 4.90 Å². The van der Waals surface area contributed by atoms with Crippen LogP contribution in [-0.4, -0.2) is 48.1 Å². The predicted molar refractivity (Wildman–Crippen MR) is 77.9 cm³/mol. The summed E-state index contributed by atoms with van der Waals surface area (Å²) in [7, 11) is 0. The summed E-state index contributed by atoms with van der Waals surface area (Å²) in [5.41, 5.74) is 5.06. The minimum atomic E-state index is -1.03. The van der Waals surface area contributed by atoms with Crippen molar-refractivity contribution < 1.29 is 19.4 Å². The molecule has 0 unspecified atom stereocenters. The highest BCUT2D eigenvalue weighted by Gasteiger charge is 2.12. The number of hydrogen-bond donors (Lipinski definition) is 2. The Bertz CT molecular complexity index is 482. The minimum absolute atomic E-state index is 0.128. The number of aliphatic carboxylic acids is 1. The van der Waals surface area contributed by atoms with Gasteiger partial charge >= 0.3 is 5.97 Å². The van der Waals surface area contributed by atoms with Gasteiger partial charge in [-0.3, -0.25) is 14.5 Å². The molecule has 1 rings (SSSR count). The highest BCUT2D eigenvalue weighted by atomic mass is 79.9. The Morgan fingerprint density at radius 1 is 1.40 bits per heavy atom. The third-order valence-corrected chi connectivity index (χ3v) is 3.15. The molecular weight excluding hydrogens is 351 g/mol. The minimum Gasteiger partial charge on any atom is -0.491 e. The Kier molecular flexibility index (Phi) is 6.77. The summed E-state index contributed by atoms with van der Waals surface area (Å²) in [6.07, 6.45) is 0. The molecule has 0 atom stereocenters. The lowest BCUT2D eigenvalue weighted by molar-refractivity contribution is -0.138. The molecule has 20 heavy (non-hydrogen) atoms. The number of carbonyl (C=O) groups excluding carboxylic acids is 1. The Balaban J connectivity index is 2.50. The lowest BCUT2D eigenvalue weighted by Gasteiger charge is -2.18. The predicted octanol–water partition coefficient (Wildman–Crippen LogP) is 1.35. The molecule has 8 heteroatoms. The summed E-state index contributed by atoms with van der Waals surface area (Å²) >= 11 is 9.11. The Labute approximate surface area is 129 Å². The summed E-state index contributed by atoms with van der Waals surface area (Å²) in [4.78, 5) is 22.9. The van der Waals surface area contributed by atoms with E-state index in [9.17, 15) is 9.59 Å². The summed E-state index contributed by atoms with van der Waals surface area (Å²) in [6.45, 7) is 0.0939. The van der Waals surface area contributed by atoms with Crippen molar-refractivity contribution in [2.24, 2.45) is 5.73 Å². The van der Waals surface area contributed by atoms with Gasteiger partial charge in [-0.1, -0.05) is 11.6 Å². The van der Waals surface area contributed by atoms with Gasteiger partial charge in [-0.05, 0) is 34.1 Å². The molecule has 0 radical (unpaired) electrons. The molecule has 0 heterocycles. The fourth-order valence-electron chi connectivity index (χ4n) is 1.50. The number of carboxylic acids is 1. The number of carbonyl (C=O) groups is 2. The van der Waals surface area contributed by atoms with Crippen LogP contribution in [0, 0.1) is 0 Å². The molecule has 0 saturated carbocycles. The van der Waals surface area contributed by atoms with Crippen LogP contribution in [0.15, 0.2) is 22.7 Å². The van der Waals surface area contributed by atoms with Gasteiger partial charge in [0.2, 0.25) is 5.91 Å². The monoisotopic (exact) mass is 364 g/mol. The fourth-order valence-corrected chi connectivity index (χ4v) is 2.30. The molecular formula is C12H14BrClN2O4. The van der Waals surface area contributed by atoms with Crippen LogP contribution in [-0.2, 0) is 9.59 Å². The first-order chi connectivity index (χ1) is 9.38. The molecule has 0 spiro atoms. The number of nitrogens with zero attached hydrogens (tertiary/aromatic N) is 1. The van der Waals surface area contributed by atoms with Crippen molar-refractivity contribution in [3.8, 4) is 5.75 Å². The maximum Gasteiger partial charge on any atom is 0.317 e. The van der Waals surface area contributed by atoms with E-state index in [0.29, 0.717) is 15.2 Å². The number of halogens is 2. The van der Waals surface area contributed by atoms with Crippen molar-refractivity contribution in [2.45, 2.75) is 0 Å². The van der Waals surface area contributed by atoms with Gasteiger partial charge in [-0.15, -0.1) is 0 Å². The van der Waals surface area contributed by atoms with E-state index in [1.807, 2.05) is 0 Å². The Hall–Kier alpha value is -1.31. The molecule has 0 aliphatic carbocycles. The quantitative estimate of drug-likeness (QED) is 0.725. The average Bonchev–Trinajstić information content (AvgIpc) is 2.30. The highest BCUT2D eigenvalue weighted by molar-refractivity contribution is 9.10. The first-order valence-corrected chi connectivity index (χ1v) is 6.86. The third-order valence-electron chi connectivity index (χ3n) is 2.30. The van der Waals surface area contributed by atoms with E-state index in [1.54, 1.807) is 18.2 Å². The van der Waals surface area contributed by atoms with E-state index in [0.717, 1.165) is 0 Å². The average molecular weight is 366 g/mol. The van der Waals surface area contributed by atoms with E-state index < -0.39 is 11.9 Å². The number of benzene rings is 1. The zero-order valence-electron chi connectivity index (χ0n) is 10.5. The van der Waals surface area contributed by atoms with Crippen LogP contribution in [0.25, 0.3) is 0 Å². The SMILES string of the molecule is NC(=O)CN(CCOc1ccc(Cl)cc1Br)CC(=O)O. The second-order valence-electron chi connectivity index (χ2n) is 3.99. The maximum atomic E-state index is 10.8. The van der Waals surface area contributed by atoms with Gasteiger partial charge in [0.1, 0.15) is 12.4 Å². The van der Waals surface area contributed by atoms with E-state index in [-0.39, 0.29) is 26.2 Å². The van der Waals surface area contributed by atoms with E-state index in [4.69, 9.17) is 27.2 Å². The number of nitrogens with two attached hydrogens (primary N) is 1. The van der Waals surface area contributed by atoms with Gasteiger partial charge < -0.3 is 15.6 Å². The summed E-state index contributed by atoms with van der Waals surface area (Å²) in [5.74, 6) is -1.03. The molecule has 0 fully saturated rings. The summed E-state index contributed by atoms with van der Waals surface area (Å²) in [6, 6.07) is 5.07. The molecule has 1 aromatic carbocycles. The second kappa shape index (κ2) is 8.08. The van der Waals surface area contributed by atoms with Crippen molar-refractivity contribution in [3.63, 3.8) is 0 Å². The Morgan fingerprint density at radius 2 is 2.10 bits per heavy atom. The molecule has 3 N–H and O–H groups in total. The number of rotatable bonds is 8. The zero-order chi connectivity index (χ0) is 15.1. The lowest BCUT2D eigenvalue weighted by atomic mass is 10.3. The first-order valence-electron chi connectivity index (χ1n) is 5.69. The normalized spacial score (nSPS) is 10.6. The fraction of sp³-hybridized carbons (Fsp3) is 0.333. The smallest absolute Gasteiger partial charge is 0.317 e. The van der Waals surface area contributed by atoms with E-state index in [2.05, 4.69) is 15.9 Å². The molecule has 6 nitrogen and oxygen atoms in total. The maximum absolute atomic E-state index is 10.8.